The van der Waals surface area contributed by atoms with E-state index in [0.29, 0.717) is 11.3 Å². The molecule has 2 aromatic rings. The molecule has 35 heavy (non-hydrogen) atoms. The average Bonchev–Trinajstić information content (AvgIpc) is 2.77. The van der Waals surface area contributed by atoms with Crippen LogP contribution in [0.25, 0.3) is 0 Å². The number of nitrogens with zero attached hydrogens (tertiary/aromatic N) is 3. The molecule has 0 radical (unpaired) electrons. The number of aliphatic carboxylic acids is 1. The zero-order chi connectivity index (χ0) is 26.2. The molecule has 1 atom stereocenters. The molecule has 0 bridgehead atoms. The van der Waals surface area contributed by atoms with Gasteiger partial charge in [0.15, 0.2) is 12.0 Å². The fraction of sp³-hybridized carbons (Fsp3) is 0.364. The van der Waals surface area contributed by atoms with Gasteiger partial charge < -0.3 is 16.6 Å². The maximum Gasteiger partial charge on any atom is 0.328 e. The number of aryl methyl sites for hydroxylation is 1. The minimum absolute atomic E-state index is 0.0503. The number of carbonyl (C=O) groups excluding carboxylic acids is 1. The number of amides is 1. The Balaban J connectivity index is 2.47. The van der Waals surface area contributed by atoms with Crippen molar-refractivity contribution in [1.82, 2.24) is 4.68 Å². The van der Waals surface area contributed by atoms with Crippen LogP contribution < -0.4 is 26.8 Å². The van der Waals surface area contributed by atoms with Gasteiger partial charge in [0.25, 0.3) is 5.56 Å². The maximum absolute atomic E-state index is 13.4. The summed E-state index contributed by atoms with van der Waals surface area (Å²) in [6.07, 6.45) is 0.444. The smallest absolute Gasteiger partial charge is 0.328 e. The van der Waals surface area contributed by atoms with E-state index in [9.17, 15) is 27.9 Å². The number of guanidine groups is 1. The Morgan fingerprint density at radius 3 is 2.37 bits per heavy atom. The van der Waals surface area contributed by atoms with Crippen molar-refractivity contribution in [2.45, 2.75) is 44.9 Å². The van der Waals surface area contributed by atoms with Crippen LogP contribution in [-0.2, 0) is 31.8 Å². The molecule has 0 unspecified atom stereocenters. The van der Waals surface area contributed by atoms with E-state index in [4.69, 9.17) is 11.5 Å². The lowest BCUT2D eigenvalue weighted by atomic mass is 10.1. The Morgan fingerprint density at radius 1 is 1.17 bits per heavy atom. The summed E-state index contributed by atoms with van der Waals surface area (Å²) in [6.45, 7) is 2.98. The molecule has 6 N–H and O–H groups in total. The minimum atomic E-state index is -3.98. The van der Waals surface area contributed by atoms with Crippen LogP contribution >= 0.6 is 0 Å². The van der Waals surface area contributed by atoms with Crippen molar-refractivity contribution < 1.29 is 23.1 Å². The van der Waals surface area contributed by atoms with E-state index in [1.165, 1.54) is 12.1 Å². The van der Waals surface area contributed by atoms with E-state index in [-0.39, 0.29) is 43.2 Å². The van der Waals surface area contributed by atoms with Gasteiger partial charge in [-0.3, -0.25) is 19.3 Å². The second kappa shape index (κ2) is 12.0. The molecule has 190 valence electrons. The van der Waals surface area contributed by atoms with Crippen molar-refractivity contribution in [2.24, 2.45) is 16.5 Å². The SMILES string of the molecule is CCc1ccc(NS(=O)(=O)Cc2ccccc2)c(=O)n1N(C(C)=O)[C@@H](CCCN=C(N)N)C(=O)O. The molecular weight excluding hydrogens is 476 g/mol. The molecule has 0 aliphatic heterocycles. The summed E-state index contributed by atoms with van der Waals surface area (Å²) in [6, 6.07) is 9.75. The van der Waals surface area contributed by atoms with Crippen LogP contribution in [0.1, 0.15) is 37.9 Å². The number of carboxylic acids is 1. The third-order valence-electron chi connectivity index (χ3n) is 5.01. The summed E-state index contributed by atoms with van der Waals surface area (Å²) in [4.78, 5) is 41.8. The first-order chi connectivity index (χ1) is 16.5. The number of carboxylic acid groups (broad SMARTS) is 1. The number of pyridine rings is 1. The first-order valence-corrected chi connectivity index (χ1v) is 12.5. The molecule has 12 nitrogen and oxygen atoms in total. The van der Waals surface area contributed by atoms with Crippen LogP contribution in [-0.4, -0.2) is 48.6 Å². The molecule has 2 rings (SSSR count). The third kappa shape index (κ3) is 7.57. The largest absolute Gasteiger partial charge is 0.480 e. The minimum Gasteiger partial charge on any atom is -0.480 e. The lowest BCUT2D eigenvalue weighted by molar-refractivity contribution is -0.141. The monoisotopic (exact) mass is 506 g/mol. The number of aromatic nitrogens is 1. The number of nitrogens with two attached hydrogens (primary N) is 2. The van der Waals surface area contributed by atoms with Crippen molar-refractivity contribution >= 4 is 33.5 Å². The Bertz CT molecular complexity index is 1240. The molecule has 0 aliphatic carbocycles. The van der Waals surface area contributed by atoms with E-state index in [1.54, 1.807) is 37.3 Å². The molecule has 0 fully saturated rings. The second-order valence-corrected chi connectivity index (χ2v) is 9.44. The van der Waals surface area contributed by atoms with E-state index in [1.807, 2.05) is 0 Å². The molecule has 1 aromatic heterocycles. The summed E-state index contributed by atoms with van der Waals surface area (Å²) >= 11 is 0. The summed E-state index contributed by atoms with van der Waals surface area (Å²) in [5.74, 6) is -2.57. The molecule has 0 saturated carbocycles. The first kappa shape index (κ1) is 27.4. The van der Waals surface area contributed by atoms with Gasteiger partial charge in [-0.05, 0) is 37.0 Å². The molecule has 1 amide bonds. The third-order valence-corrected chi connectivity index (χ3v) is 6.26. The van der Waals surface area contributed by atoms with Gasteiger partial charge in [0.2, 0.25) is 15.9 Å². The van der Waals surface area contributed by atoms with Gasteiger partial charge in [0, 0.05) is 19.2 Å². The van der Waals surface area contributed by atoms with Crippen molar-refractivity contribution in [1.29, 1.82) is 0 Å². The van der Waals surface area contributed by atoms with Crippen molar-refractivity contribution in [2.75, 3.05) is 16.3 Å². The van der Waals surface area contributed by atoms with Crippen LogP contribution in [0.15, 0.2) is 52.3 Å². The quantitative estimate of drug-likeness (QED) is 0.180. The van der Waals surface area contributed by atoms with Gasteiger partial charge in [-0.25, -0.2) is 22.9 Å². The molecule has 0 aliphatic rings. The normalized spacial score (nSPS) is 11.9. The number of hydrogen-bond acceptors (Lipinski definition) is 6. The highest BCUT2D eigenvalue weighted by Gasteiger charge is 2.31. The lowest BCUT2D eigenvalue weighted by Crippen LogP contribution is -2.56. The average molecular weight is 507 g/mol. The number of aliphatic imine (C=N–C) groups is 1. The molecule has 13 heteroatoms. The van der Waals surface area contributed by atoms with Gasteiger partial charge in [-0.2, -0.15) is 0 Å². The van der Waals surface area contributed by atoms with Gasteiger partial charge >= 0.3 is 5.97 Å². The Morgan fingerprint density at radius 2 is 1.83 bits per heavy atom. The maximum atomic E-state index is 13.4. The van der Waals surface area contributed by atoms with Gasteiger partial charge in [-0.1, -0.05) is 37.3 Å². The van der Waals surface area contributed by atoms with Crippen molar-refractivity contribution in [3.63, 3.8) is 0 Å². The Kier molecular flexibility index (Phi) is 9.40. The summed E-state index contributed by atoms with van der Waals surface area (Å²) < 4.78 is 28.6. The number of hydrogen-bond donors (Lipinski definition) is 4. The highest BCUT2D eigenvalue weighted by Crippen LogP contribution is 2.15. The highest BCUT2D eigenvalue weighted by molar-refractivity contribution is 7.91. The van der Waals surface area contributed by atoms with Crippen LogP contribution in [0.2, 0.25) is 0 Å². The topological polar surface area (TPSA) is 190 Å². The number of nitrogens with one attached hydrogen (secondary N) is 1. The summed E-state index contributed by atoms with van der Waals surface area (Å²) in [5.41, 5.74) is 10.2. The standard InChI is InChI=1S/C22H30N6O6S/c1-3-17-11-12-18(26-35(33,34)14-16-8-5-4-6-9-16)20(30)28(17)27(15(2)29)19(21(31)32)10-7-13-25-22(23)24/h4-6,8-9,11-12,19,26H,3,7,10,13-14H2,1-2H3,(H,31,32)(H4,23,24,25)/t19-/m0/s1. The van der Waals surface area contributed by atoms with Crippen molar-refractivity contribution in [3.8, 4) is 0 Å². The number of carbonyl (C=O) groups is 2. The first-order valence-electron chi connectivity index (χ1n) is 10.8. The molecule has 1 aromatic carbocycles. The number of benzene rings is 1. The number of rotatable bonds is 12. The van der Waals surface area contributed by atoms with E-state index >= 15 is 0 Å². The molecule has 0 saturated heterocycles. The Hall–Kier alpha value is -3.87. The molecule has 1 heterocycles. The Labute approximate surface area is 203 Å². The van der Waals surface area contributed by atoms with Gasteiger partial charge in [0.05, 0.1) is 5.75 Å². The highest BCUT2D eigenvalue weighted by atomic mass is 32.2. The number of anilines is 1. The lowest BCUT2D eigenvalue weighted by Gasteiger charge is -2.31. The predicted molar refractivity (Wildman–Crippen MR) is 133 cm³/mol. The van der Waals surface area contributed by atoms with Gasteiger partial charge in [-0.15, -0.1) is 0 Å². The predicted octanol–water partition coefficient (Wildman–Crippen LogP) is 0.344. The van der Waals surface area contributed by atoms with Crippen LogP contribution in [0.3, 0.4) is 0 Å². The second-order valence-electron chi connectivity index (χ2n) is 7.72. The van der Waals surface area contributed by atoms with E-state index < -0.39 is 33.5 Å². The van der Waals surface area contributed by atoms with Crippen LogP contribution in [0.4, 0.5) is 5.69 Å². The van der Waals surface area contributed by atoms with E-state index in [0.717, 1.165) is 16.6 Å². The van der Waals surface area contributed by atoms with Crippen LogP contribution in [0.5, 0.6) is 0 Å². The van der Waals surface area contributed by atoms with Crippen LogP contribution in [0, 0.1) is 0 Å². The summed E-state index contributed by atoms with van der Waals surface area (Å²) in [7, 11) is -3.98. The van der Waals surface area contributed by atoms with Gasteiger partial charge in [0.1, 0.15) is 5.69 Å². The fourth-order valence-corrected chi connectivity index (χ4v) is 4.68. The van der Waals surface area contributed by atoms with Crippen molar-refractivity contribution in [3.05, 3.63) is 64.1 Å². The summed E-state index contributed by atoms with van der Waals surface area (Å²) in [5, 5.41) is 10.7. The fourth-order valence-electron chi connectivity index (χ4n) is 3.49. The molecule has 0 spiro atoms. The zero-order valence-electron chi connectivity index (χ0n) is 19.5. The zero-order valence-corrected chi connectivity index (χ0v) is 20.4. The molecular formula is C22H30N6O6S. The van der Waals surface area contributed by atoms with E-state index in [2.05, 4.69) is 9.71 Å². The number of sulfonamides is 1.